The van der Waals surface area contributed by atoms with Gasteiger partial charge in [-0.3, -0.25) is 0 Å². The monoisotopic (exact) mass is 432 g/mol. The Balaban J connectivity index is 1.70. The molecular weight excluding hydrogens is 414 g/mol. The maximum atomic E-state index is 13.6. The fraction of sp³-hybridized carbons (Fsp3) is 0.556. The lowest BCUT2D eigenvalue weighted by molar-refractivity contribution is -0.111. The van der Waals surface area contributed by atoms with E-state index in [1.807, 2.05) is 0 Å². The summed E-state index contributed by atoms with van der Waals surface area (Å²) in [7, 11) is 0. The van der Waals surface area contributed by atoms with E-state index in [0.717, 1.165) is 6.07 Å². The molecule has 2 aliphatic carbocycles. The number of hydrogen-bond donors (Lipinski definition) is 1. The van der Waals surface area contributed by atoms with Gasteiger partial charge in [-0.25, -0.2) is 22.5 Å². The van der Waals surface area contributed by atoms with Crippen molar-refractivity contribution < 1.29 is 26.3 Å². The molecular formula is C18H18F6N6. The van der Waals surface area contributed by atoms with Gasteiger partial charge in [0.1, 0.15) is 11.4 Å². The Labute approximate surface area is 167 Å². The van der Waals surface area contributed by atoms with Crippen molar-refractivity contribution in [1.82, 2.24) is 19.9 Å². The summed E-state index contributed by atoms with van der Waals surface area (Å²) < 4.78 is 81.0. The van der Waals surface area contributed by atoms with E-state index in [9.17, 15) is 26.3 Å². The number of halogens is 6. The van der Waals surface area contributed by atoms with Gasteiger partial charge in [0.25, 0.3) is 17.8 Å². The van der Waals surface area contributed by atoms with E-state index >= 15 is 0 Å². The molecule has 0 aliphatic heterocycles. The summed E-state index contributed by atoms with van der Waals surface area (Å²) in [5, 5.41) is 0. The number of nitrogens with zero attached hydrogens (tertiary/aromatic N) is 5. The fourth-order valence-corrected chi connectivity index (χ4v) is 3.69. The topological polar surface area (TPSA) is 80.8 Å². The highest BCUT2D eigenvalue weighted by molar-refractivity contribution is 5.54. The van der Waals surface area contributed by atoms with E-state index in [-0.39, 0.29) is 23.4 Å². The summed E-state index contributed by atoms with van der Waals surface area (Å²) in [6, 6.07) is 2.37. The first-order valence-electron chi connectivity index (χ1n) is 9.24. The molecule has 2 N–H and O–H groups in total. The molecule has 30 heavy (non-hydrogen) atoms. The molecule has 6 nitrogen and oxygen atoms in total. The third-order valence-electron chi connectivity index (χ3n) is 5.22. The van der Waals surface area contributed by atoms with Gasteiger partial charge in [0.05, 0.1) is 0 Å². The number of alkyl halides is 6. The average Bonchev–Trinajstić information content (AvgIpc) is 2.58. The summed E-state index contributed by atoms with van der Waals surface area (Å²) in [6.07, 6.45) is -2.09. The van der Waals surface area contributed by atoms with Crippen molar-refractivity contribution in [3.63, 3.8) is 0 Å². The van der Waals surface area contributed by atoms with Crippen LogP contribution in [-0.2, 0) is 5.92 Å². The second-order valence-electron chi connectivity index (χ2n) is 7.86. The molecule has 0 atom stereocenters. The van der Waals surface area contributed by atoms with Crippen LogP contribution in [0.4, 0.5) is 38.2 Å². The first-order chi connectivity index (χ1) is 13.8. The van der Waals surface area contributed by atoms with Crippen molar-refractivity contribution in [2.45, 2.75) is 62.5 Å². The van der Waals surface area contributed by atoms with Gasteiger partial charge in [-0.05, 0) is 12.1 Å². The van der Waals surface area contributed by atoms with Crippen LogP contribution in [0.3, 0.4) is 0 Å². The quantitative estimate of drug-likeness (QED) is 0.719. The van der Waals surface area contributed by atoms with Crippen molar-refractivity contribution in [2.24, 2.45) is 0 Å². The van der Waals surface area contributed by atoms with Crippen LogP contribution in [0.5, 0.6) is 0 Å². The molecule has 2 heterocycles. The predicted octanol–water partition coefficient (Wildman–Crippen LogP) is 4.03. The van der Waals surface area contributed by atoms with Crippen LogP contribution in [0.2, 0.25) is 0 Å². The second-order valence-corrected chi connectivity index (χ2v) is 7.86. The Kier molecular flexibility index (Phi) is 4.58. The number of pyridine rings is 1. The van der Waals surface area contributed by atoms with Crippen LogP contribution < -0.4 is 10.6 Å². The van der Waals surface area contributed by atoms with Crippen molar-refractivity contribution >= 4 is 11.9 Å². The van der Waals surface area contributed by atoms with Crippen LogP contribution >= 0.6 is 0 Å². The number of nitrogen functional groups attached to an aromatic ring is 1. The first-order valence-corrected chi connectivity index (χ1v) is 9.24. The van der Waals surface area contributed by atoms with Gasteiger partial charge in [0, 0.05) is 44.7 Å². The van der Waals surface area contributed by atoms with Gasteiger partial charge in [-0.2, -0.15) is 23.7 Å². The van der Waals surface area contributed by atoms with Crippen LogP contribution in [-0.4, -0.2) is 43.9 Å². The van der Waals surface area contributed by atoms with Gasteiger partial charge in [0.2, 0.25) is 11.9 Å². The van der Waals surface area contributed by atoms with E-state index in [1.165, 1.54) is 17.0 Å². The molecule has 2 fully saturated rings. The molecule has 0 bridgehead atoms. The lowest BCUT2D eigenvalue weighted by atomic mass is 9.80. The molecule has 2 aliphatic rings. The molecule has 2 aromatic rings. The molecule has 0 saturated heterocycles. The zero-order chi connectivity index (χ0) is 21.9. The summed E-state index contributed by atoms with van der Waals surface area (Å²) >= 11 is 0. The molecule has 0 aromatic carbocycles. The van der Waals surface area contributed by atoms with Gasteiger partial charge < -0.3 is 10.6 Å². The minimum Gasteiger partial charge on any atom is -0.368 e. The SMILES string of the molecule is CC(F)(F)c1cccc(-c2nc(N)nc(N(C3CC(F)(F)C3)C3CC(F)(F)C3)n2)n1. The minimum absolute atomic E-state index is 0.0257. The molecule has 2 saturated carbocycles. The number of nitrogens with two attached hydrogens (primary N) is 1. The number of aromatic nitrogens is 4. The Morgan fingerprint density at radius 2 is 1.50 bits per heavy atom. The normalized spacial score (nSPS) is 21.0. The van der Waals surface area contributed by atoms with E-state index < -0.39 is 61.2 Å². The average molecular weight is 432 g/mol. The Bertz CT molecular complexity index is 922. The third-order valence-corrected chi connectivity index (χ3v) is 5.22. The van der Waals surface area contributed by atoms with E-state index in [0.29, 0.717) is 6.92 Å². The van der Waals surface area contributed by atoms with E-state index in [2.05, 4.69) is 19.9 Å². The van der Waals surface area contributed by atoms with Gasteiger partial charge in [0.15, 0.2) is 5.82 Å². The zero-order valence-corrected chi connectivity index (χ0v) is 15.8. The third kappa shape index (κ3) is 3.99. The lowest BCUT2D eigenvalue weighted by Crippen LogP contribution is -2.60. The van der Waals surface area contributed by atoms with Crippen molar-refractivity contribution in [3.05, 3.63) is 23.9 Å². The molecule has 162 valence electrons. The molecule has 0 radical (unpaired) electrons. The molecule has 0 unspecified atom stereocenters. The van der Waals surface area contributed by atoms with E-state index in [4.69, 9.17) is 5.73 Å². The number of hydrogen-bond acceptors (Lipinski definition) is 6. The van der Waals surface area contributed by atoms with Crippen LogP contribution in [0.25, 0.3) is 11.5 Å². The highest BCUT2D eigenvalue weighted by atomic mass is 19.3. The zero-order valence-electron chi connectivity index (χ0n) is 15.8. The molecule has 12 heteroatoms. The molecule has 0 spiro atoms. The maximum absolute atomic E-state index is 13.6. The lowest BCUT2D eigenvalue weighted by Gasteiger charge is -2.50. The number of anilines is 2. The summed E-state index contributed by atoms with van der Waals surface area (Å²) in [5.74, 6) is -9.58. The van der Waals surface area contributed by atoms with Gasteiger partial charge in [-0.15, -0.1) is 0 Å². The Morgan fingerprint density at radius 3 is 2.00 bits per heavy atom. The van der Waals surface area contributed by atoms with Crippen molar-refractivity contribution in [2.75, 3.05) is 10.6 Å². The Hall–Kier alpha value is -2.66. The second kappa shape index (κ2) is 6.67. The van der Waals surface area contributed by atoms with Crippen LogP contribution in [0.1, 0.15) is 38.3 Å². The molecule has 0 amide bonds. The standard InChI is InChI=1S/C18H18F6N6/c1-16(19,20)12-4-2-3-11(26-12)13-27-14(25)29-15(28-13)30(9-5-17(21,22)6-9)10-7-18(23,24)8-10/h2-4,9-10H,5-8H2,1H3,(H2,25,27,28,29). The van der Waals surface area contributed by atoms with E-state index in [1.54, 1.807) is 0 Å². The van der Waals surface area contributed by atoms with Gasteiger partial charge >= 0.3 is 0 Å². The smallest absolute Gasteiger partial charge is 0.286 e. The largest absolute Gasteiger partial charge is 0.368 e. The minimum atomic E-state index is -3.21. The summed E-state index contributed by atoms with van der Waals surface area (Å²) in [4.78, 5) is 17.2. The summed E-state index contributed by atoms with van der Waals surface area (Å²) in [6.45, 7) is 0.682. The van der Waals surface area contributed by atoms with Crippen molar-refractivity contribution in [3.8, 4) is 11.5 Å². The highest BCUT2D eigenvalue weighted by Crippen LogP contribution is 2.48. The number of rotatable bonds is 5. The molecule has 4 rings (SSSR count). The van der Waals surface area contributed by atoms with Crippen LogP contribution in [0, 0.1) is 0 Å². The Morgan fingerprint density at radius 1 is 0.933 bits per heavy atom. The first kappa shape index (κ1) is 20.6. The van der Waals surface area contributed by atoms with Crippen molar-refractivity contribution in [1.29, 1.82) is 0 Å². The van der Waals surface area contributed by atoms with Crippen LogP contribution in [0.15, 0.2) is 18.2 Å². The predicted molar refractivity (Wildman–Crippen MR) is 95.5 cm³/mol. The van der Waals surface area contributed by atoms with Gasteiger partial charge in [-0.1, -0.05) is 6.07 Å². The fourth-order valence-electron chi connectivity index (χ4n) is 3.69. The maximum Gasteiger partial charge on any atom is 0.286 e. The molecule has 2 aromatic heterocycles. The summed E-state index contributed by atoms with van der Waals surface area (Å²) in [5.41, 5.74) is 5.18. The highest BCUT2D eigenvalue weighted by Gasteiger charge is 2.55.